The number of urea groups is 1. The zero-order chi connectivity index (χ0) is 16.9. The summed E-state index contributed by atoms with van der Waals surface area (Å²) in [7, 11) is 0. The quantitative estimate of drug-likeness (QED) is 0.820. The molecule has 122 valence electrons. The molecular weight excluding hydrogens is 326 g/mol. The van der Waals surface area contributed by atoms with Crippen LogP contribution in [0, 0.1) is 18.8 Å². The number of amides is 3. The Hall–Kier alpha value is -2.92. The molecule has 24 heavy (non-hydrogen) atoms. The van der Waals surface area contributed by atoms with Crippen molar-refractivity contribution in [3.05, 3.63) is 40.4 Å². The van der Waals surface area contributed by atoms with Crippen LogP contribution in [0.25, 0.3) is 0 Å². The molecule has 1 aliphatic heterocycles. The van der Waals surface area contributed by atoms with E-state index < -0.39 is 0 Å². The van der Waals surface area contributed by atoms with E-state index in [4.69, 9.17) is 0 Å². The van der Waals surface area contributed by atoms with Crippen molar-refractivity contribution < 1.29 is 9.59 Å². The lowest BCUT2D eigenvalue weighted by molar-refractivity contribution is 0.0962. The van der Waals surface area contributed by atoms with Crippen LogP contribution >= 0.6 is 11.5 Å². The first-order valence-corrected chi connectivity index (χ1v) is 8.14. The van der Waals surface area contributed by atoms with Gasteiger partial charge in [0.15, 0.2) is 0 Å². The molecule has 3 amide bonds. The summed E-state index contributed by atoms with van der Waals surface area (Å²) in [6, 6.07) is 7.35. The Morgan fingerprint density at radius 1 is 1.42 bits per heavy atom. The number of anilines is 1. The van der Waals surface area contributed by atoms with E-state index >= 15 is 0 Å². The van der Waals surface area contributed by atoms with Crippen molar-refractivity contribution in [3.8, 4) is 11.8 Å². The number of rotatable bonds is 3. The van der Waals surface area contributed by atoms with E-state index in [2.05, 4.69) is 32.1 Å². The molecule has 3 rings (SSSR count). The Bertz CT molecular complexity index is 819. The van der Waals surface area contributed by atoms with E-state index in [0.29, 0.717) is 23.7 Å². The number of hydrogen-bond acceptors (Lipinski definition) is 5. The summed E-state index contributed by atoms with van der Waals surface area (Å²) in [5.74, 6) is 5.66. The maximum atomic E-state index is 11.9. The van der Waals surface area contributed by atoms with Gasteiger partial charge in [-0.15, -0.1) is 5.10 Å². The van der Waals surface area contributed by atoms with Crippen molar-refractivity contribution in [3.63, 3.8) is 0 Å². The van der Waals surface area contributed by atoms with Crippen molar-refractivity contribution >= 4 is 29.2 Å². The highest BCUT2D eigenvalue weighted by Crippen LogP contribution is 2.16. The van der Waals surface area contributed by atoms with Crippen LogP contribution in [0.5, 0.6) is 0 Å². The fourth-order valence-corrected chi connectivity index (χ4v) is 2.81. The molecule has 0 bridgehead atoms. The maximum Gasteiger partial charge on any atom is 0.321 e. The summed E-state index contributed by atoms with van der Waals surface area (Å²) in [6.07, 6.45) is 0. The van der Waals surface area contributed by atoms with Crippen LogP contribution in [0.1, 0.15) is 20.9 Å². The standard InChI is InChI=1S/C16H15N5O2S/c1-11-14(24-20-19-11)15(22)17-8-2-3-12-4-6-13(7-5-12)21-10-9-18-16(21)23/h4-7H,8-10H2,1H3,(H,17,22)(H,18,23). The predicted molar refractivity (Wildman–Crippen MR) is 91.0 cm³/mol. The van der Waals surface area contributed by atoms with E-state index in [1.165, 1.54) is 0 Å². The Morgan fingerprint density at radius 3 is 2.83 bits per heavy atom. The minimum Gasteiger partial charge on any atom is -0.340 e. The number of aryl methyl sites for hydroxylation is 1. The van der Waals surface area contributed by atoms with Gasteiger partial charge in [0.2, 0.25) is 0 Å². The molecule has 2 aromatic rings. The predicted octanol–water partition coefficient (Wildman–Crippen LogP) is 1.16. The lowest BCUT2D eigenvalue weighted by Crippen LogP contribution is -2.27. The number of carbonyl (C=O) groups is 2. The lowest BCUT2D eigenvalue weighted by atomic mass is 10.2. The largest absolute Gasteiger partial charge is 0.340 e. The Balaban J connectivity index is 1.55. The van der Waals surface area contributed by atoms with Crippen molar-refractivity contribution in [1.82, 2.24) is 20.2 Å². The summed E-state index contributed by atoms with van der Waals surface area (Å²) in [5.41, 5.74) is 2.28. The molecule has 0 atom stereocenters. The smallest absolute Gasteiger partial charge is 0.321 e. The first kappa shape index (κ1) is 16.0. The van der Waals surface area contributed by atoms with Gasteiger partial charge < -0.3 is 10.6 Å². The van der Waals surface area contributed by atoms with Crippen LogP contribution in [0.3, 0.4) is 0 Å². The highest BCUT2D eigenvalue weighted by molar-refractivity contribution is 7.08. The van der Waals surface area contributed by atoms with Gasteiger partial charge in [-0.3, -0.25) is 9.69 Å². The summed E-state index contributed by atoms with van der Waals surface area (Å²) in [5, 5.41) is 9.28. The van der Waals surface area contributed by atoms with Crippen LogP contribution in [0.15, 0.2) is 24.3 Å². The molecule has 2 heterocycles. The zero-order valence-electron chi connectivity index (χ0n) is 13.0. The molecule has 1 aliphatic rings. The van der Waals surface area contributed by atoms with Gasteiger partial charge in [0.1, 0.15) is 4.88 Å². The summed E-state index contributed by atoms with van der Waals surface area (Å²) in [6.45, 7) is 3.31. The molecule has 2 N–H and O–H groups in total. The first-order chi connectivity index (χ1) is 11.6. The molecule has 8 heteroatoms. The van der Waals surface area contributed by atoms with E-state index in [1.807, 2.05) is 24.3 Å². The van der Waals surface area contributed by atoms with Crippen LogP contribution in [-0.4, -0.2) is 41.2 Å². The average Bonchev–Trinajstić information content (AvgIpc) is 3.20. The molecule has 0 radical (unpaired) electrons. The Kier molecular flexibility index (Phi) is 4.72. The van der Waals surface area contributed by atoms with Gasteiger partial charge in [0.25, 0.3) is 5.91 Å². The van der Waals surface area contributed by atoms with E-state index in [1.54, 1.807) is 11.8 Å². The monoisotopic (exact) mass is 341 g/mol. The van der Waals surface area contributed by atoms with Crippen LogP contribution in [0.4, 0.5) is 10.5 Å². The number of nitrogens with one attached hydrogen (secondary N) is 2. The number of hydrogen-bond donors (Lipinski definition) is 2. The third-order valence-electron chi connectivity index (χ3n) is 3.46. The van der Waals surface area contributed by atoms with Gasteiger partial charge in [-0.1, -0.05) is 16.3 Å². The molecule has 0 saturated carbocycles. The molecular formula is C16H15N5O2S. The van der Waals surface area contributed by atoms with Crippen molar-refractivity contribution in [2.75, 3.05) is 24.5 Å². The van der Waals surface area contributed by atoms with Crippen molar-refractivity contribution in [1.29, 1.82) is 0 Å². The topological polar surface area (TPSA) is 87.2 Å². The molecule has 1 fully saturated rings. The number of benzene rings is 1. The minimum absolute atomic E-state index is 0.0793. The van der Waals surface area contributed by atoms with E-state index in [0.717, 1.165) is 22.8 Å². The summed E-state index contributed by atoms with van der Waals surface area (Å²) >= 11 is 1.07. The lowest BCUT2D eigenvalue weighted by Gasteiger charge is -2.13. The third-order valence-corrected chi connectivity index (χ3v) is 4.29. The molecule has 0 spiro atoms. The molecule has 7 nitrogen and oxygen atoms in total. The van der Waals surface area contributed by atoms with Gasteiger partial charge in [0, 0.05) is 24.3 Å². The fraction of sp³-hybridized carbons (Fsp3) is 0.250. The fourth-order valence-electron chi connectivity index (χ4n) is 2.23. The second-order valence-electron chi connectivity index (χ2n) is 5.10. The Morgan fingerprint density at radius 2 is 2.21 bits per heavy atom. The highest BCUT2D eigenvalue weighted by Gasteiger charge is 2.20. The molecule has 1 aromatic heterocycles. The van der Waals surface area contributed by atoms with Gasteiger partial charge in [-0.2, -0.15) is 0 Å². The molecule has 0 unspecified atom stereocenters. The highest BCUT2D eigenvalue weighted by atomic mass is 32.1. The van der Waals surface area contributed by atoms with Gasteiger partial charge in [0.05, 0.1) is 12.2 Å². The van der Waals surface area contributed by atoms with Crippen molar-refractivity contribution in [2.24, 2.45) is 0 Å². The van der Waals surface area contributed by atoms with Crippen LogP contribution < -0.4 is 15.5 Å². The number of aromatic nitrogens is 2. The van der Waals surface area contributed by atoms with Gasteiger partial charge in [-0.05, 0) is 42.7 Å². The van der Waals surface area contributed by atoms with Crippen LogP contribution in [-0.2, 0) is 0 Å². The third kappa shape index (κ3) is 3.52. The maximum absolute atomic E-state index is 11.9. The molecule has 1 saturated heterocycles. The van der Waals surface area contributed by atoms with E-state index in [-0.39, 0.29) is 18.5 Å². The van der Waals surface area contributed by atoms with Crippen molar-refractivity contribution in [2.45, 2.75) is 6.92 Å². The summed E-state index contributed by atoms with van der Waals surface area (Å²) < 4.78 is 3.73. The van der Waals surface area contributed by atoms with E-state index in [9.17, 15) is 9.59 Å². The molecule has 0 aliphatic carbocycles. The van der Waals surface area contributed by atoms with Crippen LogP contribution in [0.2, 0.25) is 0 Å². The zero-order valence-corrected chi connectivity index (χ0v) is 13.8. The second kappa shape index (κ2) is 7.10. The normalized spacial score (nSPS) is 13.2. The minimum atomic E-state index is -0.216. The average molecular weight is 341 g/mol. The van der Waals surface area contributed by atoms with Gasteiger partial charge >= 0.3 is 6.03 Å². The Labute approximate surface area is 143 Å². The summed E-state index contributed by atoms with van der Waals surface area (Å²) in [4.78, 5) is 25.7. The molecule has 1 aromatic carbocycles. The SMILES string of the molecule is Cc1nnsc1C(=O)NCC#Cc1ccc(N2CCNC2=O)cc1. The first-order valence-electron chi connectivity index (χ1n) is 7.36. The number of nitrogens with zero attached hydrogens (tertiary/aromatic N) is 3. The second-order valence-corrected chi connectivity index (χ2v) is 5.86. The van der Waals surface area contributed by atoms with Gasteiger partial charge in [-0.25, -0.2) is 4.79 Å². The number of carbonyl (C=O) groups excluding carboxylic acids is 2.